The van der Waals surface area contributed by atoms with Crippen LogP contribution in [-0.4, -0.2) is 36.7 Å². The Morgan fingerprint density at radius 3 is 2.90 bits per heavy atom. The van der Waals surface area contributed by atoms with E-state index in [2.05, 4.69) is 15.6 Å². The summed E-state index contributed by atoms with van der Waals surface area (Å²) in [6.07, 6.45) is 5.40. The van der Waals surface area contributed by atoms with Crippen molar-refractivity contribution in [3.8, 4) is 0 Å². The highest BCUT2D eigenvalue weighted by atomic mass is 16.5. The quantitative estimate of drug-likeness (QED) is 0.682. The summed E-state index contributed by atoms with van der Waals surface area (Å²) in [7, 11) is 0. The predicted octanol–water partition coefficient (Wildman–Crippen LogP) is 2.45. The summed E-state index contributed by atoms with van der Waals surface area (Å²) in [6.45, 7) is 8.20. The van der Waals surface area contributed by atoms with Gasteiger partial charge in [0.2, 0.25) is 0 Å². The number of carbonyl (C=O) groups excluding carboxylic acids is 1. The van der Waals surface area contributed by atoms with Gasteiger partial charge in [0.15, 0.2) is 0 Å². The van der Waals surface area contributed by atoms with E-state index in [0.29, 0.717) is 12.1 Å². The highest BCUT2D eigenvalue weighted by Gasteiger charge is 2.10. The van der Waals surface area contributed by atoms with Gasteiger partial charge in [0.05, 0.1) is 17.4 Å². The third-order valence-electron chi connectivity index (χ3n) is 2.74. The zero-order valence-corrected chi connectivity index (χ0v) is 12.6. The molecule has 5 nitrogen and oxygen atoms in total. The van der Waals surface area contributed by atoms with Crippen LogP contribution >= 0.6 is 0 Å². The van der Waals surface area contributed by atoms with Crippen LogP contribution in [0.1, 0.15) is 44.0 Å². The molecule has 20 heavy (non-hydrogen) atoms. The molecule has 0 aliphatic heterocycles. The first-order chi connectivity index (χ1) is 9.65. The van der Waals surface area contributed by atoms with Crippen LogP contribution in [0.25, 0.3) is 0 Å². The number of nitrogens with zero attached hydrogens (tertiary/aromatic N) is 1. The van der Waals surface area contributed by atoms with E-state index in [1.54, 1.807) is 12.4 Å². The molecule has 0 saturated carbocycles. The molecule has 0 aliphatic carbocycles. The second-order valence-electron chi connectivity index (χ2n) is 4.83. The van der Waals surface area contributed by atoms with E-state index in [9.17, 15) is 4.79 Å². The van der Waals surface area contributed by atoms with Crippen molar-refractivity contribution in [1.29, 1.82) is 0 Å². The first kappa shape index (κ1) is 16.4. The fourth-order valence-electron chi connectivity index (χ4n) is 1.76. The lowest BCUT2D eigenvalue weighted by Crippen LogP contribution is -2.26. The Labute approximate surface area is 121 Å². The Kier molecular flexibility index (Phi) is 7.65. The predicted molar refractivity (Wildman–Crippen MR) is 81.1 cm³/mol. The van der Waals surface area contributed by atoms with Gasteiger partial charge in [-0.15, -0.1) is 0 Å². The lowest BCUT2D eigenvalue weighted by atomic mass is 10.2. The molecular formula is C15H25N3O2. The molecule has 5 heteroatoms. The Morgan fingerprint density at radius 2 is 2.20 bits per heavy atom. The average Bonchev–Trinajstić information content (AvgIpc) is 2.43. The molecule has 0 spiro atoms. The largest absolute Gasteiger partial charge is 0.385 e. The normalized spacial score (nSPS) is 10.6. The number of amides is 1. The van der Waals surface area contributed by atoms with Gasteiger partial charge >= 0.3 is 0 Å². The number of pyridine rings is 1. The number of aromatic nitrogens is 1. The van der Waals surface area contributed by atoms with E-state index in [0.717, 1.165) is 31.7 Å². The molecule has 1 aromatic rings. The summed E-state index contributed by atoms with van der Waals surface area (Å²) in [5.74, 6) is -0.0844. The molecule has 1 aromatic heterocycles. The van der Waals surface area contributed by atoms with Gasteiger partial charge in [-0.1, -0.05) is 0 Å². The van der Waals surface area contributed by atoms with Crippen LogP contribution < -0.4 is 10.6 Å². The first-order valence-corrected chi connectivity index (χ1v) is 7.22. The third-order valence-corrected chi connectivity index (χ3v) is 2.74. The molecule has 0 unspecified atom stereocenters. The maximum Gasteiger partial charge on any atom is 0.254 e. The van der Waals surface area contributed by atoms with Crippen molar-refractivity contribution in [2.45, 2.75) is 39.7 Å². The van der Waals surface area contributed by atoms with Crippen molar-refractivity contribution < 1.29 is 9.53 Å². The molecule has 0 fully saturated rings. The van der Waals surface area contributed by atoms with E-state index in [1.807, 2.05) is 26.8 Å². The van der Waals surface area contributed by atoms with E-state index in [1.165, 1.54) is 0 Å². The summed E-state index contributed by atoms with van der Waals surface area (Å²) < 4.78 is 5.45. The number of ether oxygens (including phenoxy) is 1. The highest BCUT2D eigenvalue weighted by Crippen LogP contribution is 2.12. The van der Waals surface area contributed by atoms with E-state index in [-0.39, 0.29) is 12.0 Å². The van der Waals surface area contributed by atoms with Gasteiger partial charge in [0, 0.05) is 32.1 Å². The number of carbonyl (C=O) groups is 1. The summed E-state index contributed by atoms with van der Waals surface area (Å²) >= 11 is 0. The molecule has 1 heterocycles. The minimum absolute atomic E-state index is 0.0844. The SMILES string of the molecule is CCNc1ccncc1C(=O)NCCCCOC(C)C. The van der Waals surface area contributed by atoms with Crippen molar-refractivity contribution >= 4 is 11.6 Å². The monoisotopic (exact) mass is 279 g/mol. The second kappa shape index (κ2) is 9.31. The van der Waals surface area contributed by atoms with Gasteiger partial charge in [0.25, 0.3) is 5.91 Å². The number of rotatable bonds is 9. The van der Waals surface area contributed by atoms with Gasteiger partial charge in [-0.25, -0.2) is 0 Å². The van der Waals surface area contributed by atoms with E-state index < -0.39 is 0 Å². The van der Waals surface area contributed by atoms with Crippen LogP contribution in [0.15, 0.2) is 18.5 Å². The number of hydrogen-bond donors (Lipinski definition) is 2. The fraction of sp³-hybridized carbons (Fsp3) is 0.600. The zero-order chi connectivity index (χ0) is 14.8. The fourth-order valence-corrected chi connectivity index (χ4v) is 1.76. The lowest BCUT2D eigenvalue weighted by molar-refractivity contribution is 0.0754. The second-order valence-corrected chi connectivity index (χ2v) is 4.83. The van der Waals surface area contributed by atoms with Crippen LogP contribution in [0.3, 0.4) is 0 Å². The Hall–Kier alpha value is -1.62. The van der Waals surface area contributed by atoms with Gasteiger partial charge in [-0.2, -0.15) is 0 Å². The van der Waals surface area contributed by atoms with Crippen molar-refractivity contribution in [2.75, 3.05) is 25.0 Å². The molecule has 0 atom stereocenters. The molecule has 112 valence electrons. The van der Waals surface area contributed by atoms with Crippen molar-refractivity contribution in [1.82, 2.24) is 10.3 Å². The molecular weight excluding hydrogens is 254 g/mol. The number of unbranched alkanes of at least 4 members (excludes halogenated alkanes) is 1. The summed E-state index contributed by atoms with van der Waals surface area (Å²) in [5, 5.41) is 6.07. The molecule has 2 N–H and O–H groups in total. The Balaban J connectivity index is 2.32. The minimum atomic E-state index is -0.0844. The van der Waals surface area contributed by atoms with E-state index in [4.69, 9.17) is 4.74 Å². The van der Waals surface area contributed by atoms with Crippen molar-refractivity contribution in [2.24, 2.45) is 0 Å². The maximum absolute atomic E-state index is 12.1. The van der Waals surface area contributed by atoms with Crippen LogP contribution in [0.5, 0.6) is 0 Å². The Morgan fingerprint density at radius 1 is 1.40 bits per heavy atom. The topological polar surface area (TPSA) is 63.2 Å². The Bertz CT molecular complexity index is 408. The zero-order valence-electron chi connectivity index (χ0n) is 12.6. The van der Waals surface area contributed by atoms with E-state index >= 15 is 0 Å². The average molecular weight is 279 g/mol. The molecule has 1 rings (SSSR count). The van der Waals surface area contributed by atoms with Crippen molar-refractivity contribution in [3.05, 3.63) is 24.0 Å². The number of anilines is 1. The van der Waals surface area contributed by atoms with Gasteiger partial charge in [0.1, 0.15) is 0 Å². The highest BCUT2D eigenvalue weighted by molar-refractivity contribution is 5.99. The van der Waals surface area contributed by atoms with Crippen LogP contribution in [-0.2, 0) is 4.74 Å². The van der Waals surface area contributed by atoms with Gasteiger partial charge in [-0.3, -0.25) is 9.78 Å². The summed E-state index contributed by atoms with van der Waals surface area (Å²) in [4.78, 5) is 16.1. The smallest absolute Gasteiger partial charge is 0.254 e. The number of hydrogen-bond acceptors (Lipinski definition) is 4. The molecule has 0 bridgehead atoms. The molecule has 0 aromatic carbocycles. The summed E-state index contributed by atoms with van der Waals surface area (Å²) in [6, 6.07) is 1.81. The lowest BCUT2D eigenvalue weighted by Gasteiger charge is -2.11. The minimum Gasteiger partial charge on any atom is -0.385 e. The van der Waals surface area contributed by atoms with Crippen LogP contribution in [0.2, 0.25) is 0 Å². The maximum atomic E-state index is 12.1. The van der Waals surface area contributed by atoms with Gasteiger partial charge < -0.3 is 15.4 Å². The standard InChI is InChI=1S/C15H25N3O2/c1-4-17-14-7-9-16-11-13(14)15(19)18-8-5-6-10-20-12(2)3/h7,9,11-12H,4-6,8,10H2,1-3H3,(H,16,17)(H,18,19). The molecule has 0 aliphatic rings. The number of nitrogens with one attached hydrogen (secondary N) is 2. The molecule has 1 amide bonds. The summed E-state index contributed by atoms with van der Waals surface area (Å²) in [5.41, 5.74) is 1.41. The van der Waals surface area contributed by atoms with Crippen LogP contribution in [0, 0.1) is 0 Å². The van der Waals surface area contributed by atoms with Crippen LogP contribution in [0.4, 0.5) is 5.69 Å². The van der Waals surface area contributed by atoms with Gasteiger partial charge in [-0.05, 0) is 39.7 Å². The molecule has 0 radical (unpaired) electrons. The first-order valence-electron chi connectivity index (χ1n) is 7.22. The third kappa shape index (κ3) is 6.02. The molecule has 0 saturated heterocycles. The van der Waals surface area contributed by atoms with Crippen molar-refractivity contribution in [3.63, 3.8) is 0 Å².